The van der Waals surface area contributed by atoms with E-state index in [0.29, 0.717) is 0 Å². The first-order chi connectivity index (χ1) is 8.99. The highest BCUT2D eigenvalue weighted by atomic mass is 16.4. The Morgan fingerprint density at radius 2 is 2.05 bits per heavy atom. The Bertz CT molecular complexity index is 654. The van der Waals surface area contributed by atoms with E-state index in [1.54, 1.807) is 6.08 Å². The van der Waals surface area contributed by atoms with Gasteiger partial charge in [-0.1, -0.05) is 12.1 Å². The van der Waals surface area contributed by atoms with E-state index in [1.165, 1.54) is 5.56 Å². The lowest BCUT2D eigenvalue weighted by atomic mass is 10.2. The maximum absolute atomic E-state index is 10.5. The Hall–Kier alpha value is -2.36. The molecular formula is C15H16N2O2. The quantitative estimate of drug-likeness (QED) is 0.859. The number of carbonyl (C=O) groups is 1. The molecule has 0 atom stereocenters. The Morgan fingerprint density at radius 3 is 2.63 bits per heavy atom. The summed E-state index contributed by atoms with van der Waals surface area (Å²) in [5.41, 5.74) is 5.04. The van der Waals surface area contributed by atoms with Gasteiger partial charge in [-0.25, -0.2) is 9.48 Å². The van der Waals surface area contributed by atoms with E-state index >= 15 is 0 Å². The maximum Gasteiger partial charge on any atom is 0.328 e. The summed E-state index contributed by atoms with van der Waals surface area (Å²) in [7, 11) is 0. The van der Waals surface area contributed by atoms with Crippen LogP contribution < -0.4 is 0 Å². The fourth-order valence-electron chi connectivity index (χ4n) is 1.90. The van der Waals surface area contributed by atoms with Crippen molar-refractivity contribution in [1.29, 1.82) is 0 Å². The number of aryl methyl sites for hydroxylation is 1. The third kappa shape index (κ3) is 2.73. The monoisotopic (exact) mass is 256 g/mol. The third-order valence-corrected chi connectivity index (χ3v) is 3.19. The predicted molar refractivity (Wildman–Crippen MR) is 74.4 cm³/mol. The summed E-state index contributed by atoms with van der Waals surface area (Å²) >= 11 is 0. The van der Waals surface area contributed by atoms with Crippen molar-refractivity contribution in [2.75, 3.05) is 0 Å². The molecule has 0 bridgehead atoms. The predicted octanol–water partition coefficient (Wildman–Crippen LogP) is 2.90. The van der Waals surface area contributed by atoms with Gasteiger partial charge in [0.05, 0.1) is 11.4 Å². The standard InChI is InChI=1S/C15H16N2O2/c1-10-11(2)16-17(12(10)3)14-6-4-5-13(9-14)7-8-15(18)19/h4-9H,1-3H3,(H,18,19). The average Bonchev–Trinajstić information content (AvgIpc) is 2.64. The fraction of sp³-hybridized carbons (Fsp3) is 0.200. The van der Waals surface area contributed by atoms with E-state index in [-0.39, 0.29) is 0 Å². The minimum Gasteiger partial charge on any atom is -0.478 e. The van der Waals surface area contributed by atoms with Crippen LogP contribution in [0.5, 0.6) is 0 Å². The van der Waals surface area contributed by atoms with Crippen LogP contribution in [-0.4, -0.2) is 20.9 Å². The summed E-state index contributed by atoms with van der Waals surface area (Å²) in [4.78, 5) is 10.5. The van der Waals surface area contributed by atoms with Crippen molar-refractivity contribution in [2.45, 2.75) is 20.8 Å². The molecule has 1 aromatic carbocycles. The van der Waals surface area contributed by atoms with E-state index in [1.807, 2.05) is 49.7 Å². The van der Waals surface area contributed by atoms with Gasteiger partial charge in [-0.15, -0.1) is 0 Å². The normalized spacial score (nSPS) is 11.1. The molecule has 0 aliphatic carbocycles. The molecule has 0 unspecified atom stereocenters. The molecule has 0 saturated heterocycles. The number of hydrogen-bond donors (Lipinski definition) is 1. The van der Waals surface area contributed by atoms with Gasteiger partial charge in [-0.3, -0.25) is 0 Å². The highest BCUT2D eigenvalue weighted by molar-refractivity contribution is 5.85. The largest absolute Gasteiger partial charge is 0.478 e. The van der Waals surface area contributed by atoms with E-state index in [2.05, 4.69) is 5.10 Å². The number of carboxylic acid groups (broad SMARTS) is 1. The van der Waals surface area contributed by atoms with E-state index in [4.69, 9.17) is 5.11 Å². The van der Waals surface area contributed by atoms with Gasteiger partial charge in [0.1, 0.15) is 0 Å². The summed E-state index contributed by atoms with van der Waals surface area (Å²) in [5, 5.41) is 13.1. The van der Waals surface area contributed by atoms with Crippen LogP contribution in [0.15, 0.2) is 30.3 Å². The zero-order valence-electron chi connectivity index (χ0n) is 11.2. The fourth-order valence-corrected chi connectivity index (χ4v) is 1.90. The number of nitrogens with zero attached hydrogens (tertiary/aromatic N) is 2. The Morgan fingerprint density at radius 1 is 1.32 bits per heavy atom. The van der Waals surface area contributed by atoms with Gasteiger partial charge in [0.2, 0.25) is 0 Å². The van der Waals surface area contributed by atoms with E-state index < -0.39 is 5.97 Å². The number of hydrogen-bond acceptors (Lipinski definition) is 2. The van der Waals surface area contributed by atoms with Crippen molar-refractivity contribution in [2.24, 2.45) is 0 Å². The highest BCUT2D eigenvalue weighted by Gasteiger charge is 2.08. The SMILES string of the molecule is Cc1nn(-c2cccc(C=CC(=O)O)c2)c(C)c1C. The lowest BCUT2D eigenvalue weighted by Crippen LogP contribution is -1.99. The zero-order valence-corrected chi connectivity index (χ0v) is 11.2. The van der Waals surface area contributed by atoms with E-state index in [9.17, 15) is 4.79 Å². The molecule has 0 saturated carbocycles. The van der Waals surface area contributed by atoms with Crippen LogP contribution in [-0.2, 0) is 4.79 Å². The number of carboxylic acids is 1. The molecule has 0 aliphatic rings. The first-order valence-electron chi connectivity index (χ1n) is 6.03. The Kier molecular flexibility index (Phi) is 3.51. The number of aliphatic carboxylic acids is 1. The first-order valence-corrected chi connectivity index (χ1v) is 6.03. The molecule has 2 rings (SSSR count). The molecule has 0 fully saturated rings. The van der Waals surface area contributed by atoms with Crippen molar-refractivity contribution in [3.63, 3.8) is 0 Å². The summed E-state index contributed by atoms with van der Waals surface area (Å²) in [5.74, 6) is -0.952. The van der Waals surface area contributed by atoms with Gasteiger partial charge in [-0.05, 0) is 50.1 Å². The van der Waals surface area contributed by atoms with Gasteiger partial charge >= 0.3 is 5.97 Å². The summed E-state index contributed by atoms with van der Waals surface area (Å²) in [6.07, 6.45) is 2.70. The van der Waals surface area contributed by atoms with Gasteiger partial charge in [0, 0.05) is 11.8 Å². The van der Waals surface area contributed by atoms with Crippen LogP contribution in [0.2, 0.25) is 0 Å². The van der Waals surface area contributed by atoms with Crippen LogP contribution in [0.1, 0.15) is 22.5 Å². The van der Waals surface area contributed by atoms with Gasteiger partial charge < -0.3 is 5.11 Å². The molecule has 0 amide bonds. The van der Waals surface area contributed by atoms with Crippen LogP contribution in [0.4, 0.5) is 0 Å². The highest BCUT2D eigenvalue weighted by Crippen LogP contribution is 2.18. The lowest BCUT2D eigenvalue weighted by molar-refractivity contribution is -0.131. The minimum atomic E-state index is -0.952. The molecule has 4 nitrogen and oxygen atoms in total. The molecule has 2 aromatic rings. The molecule has 0 aliphatic heterocycles. The second kappa shape index (κ2) is 5.10. The maximum atomic E-state index is 10.5. The van der Waals surface area contributed by atoms with Crippen molar-refractivity contribution in [3.8, 4) is 5.69 Å². The van der Waals surface area contributed by atoms with Crippen molar-refractivity contribution >= 4 is 12.0 Å². The van der Waals surface area contributed by atoms with Crippen molar-refractivity contribution in [1.82, 2.24) is 9.78 Å². The molecule has 1 N–H and O–H groups in total. The summed E-state index contributed by atoms with van der Waals surface area (Å²) in [6.45, 7) is 6.05. The molecule has 0 spiro atoms. The Balaban J connectivity index is 2.43. The molecule has 19 heavy (non-hydrogen) atoms. The topological polar surface area (TPSA) is 55.1 Å². The second-order valence-electron chi connectivity index (χ2n) is 4.47. The van der Waals surface area contributed by atoms with Crippen molar-refractivity contribution in [3.05, 3.63) is 52.9 Å². The van der Waals surface area contributed by atoms with Crippen LogP contribution in [0, 0.1) is 20.8 Å². The van der Waals surface area contributed by atoms with Gasteiger partial charge in [0.15, 0.2) is 0 Å². The van der Waals surface area contributed by atoms with Crippen LogP contribution >= 0.6 is 0 Å². The molecule has 0 radical (unpaired) electrons. The molecular weight excluding hydrogens is 240 g/mol. The zero-order chi connectivity index (χ0) is 14.0. The van der Waals surface area contributed by atoms with Crippen LogP contribution in [0.3, 0.4) is 0 Å². The molecule has 1 aromatic heterocycles. The third-order valence-electron chi connectivity index (χ3n) is 3.19. The minimum absolute atomic E-state index is 0.838. The lowest BCUT2D eigenvalue weighted by Gasteiger charge is -2.05. The van der Waals surface area contributed by atoms with Crippen molar-refractivity contribution < 1.29 is 9.90 Å². The number of rotatable bonds is 3. The van der Waals surface area contributed by atoms with Gasteiger partial charge in [0.25, 0.3) is 0 Å². The van der Waals surface area contributed by atoms with E-state index in [0.717, 1.165) is 28.7 Å². The molecule has 98 valence electrons. The number of benzene rings is 1. The second-order valence-corrected chi connectivity index (χ2v) is 4.47. The average molecular weight is 256 g/mol. The smallest absolute Gasteiger partial charge is 0.328 e. The summed E-state index contributed by atoms with van der Waals surface area (Å²) < 4.78 is 1.88. The summed E-state index contributed by atoms with van der Waals surface area (Å²) in [6, 6.07) is 7.62. The van der Waals surface area contributed by atoms with Crippen LogP contribution in [0.25, 0.3) is 11.8 Å². The van der Waals surface area contributed by atoms with Gasteiger partial charge in [-0.2, -0.15) is 5.10 Å². The first kappa shape index (κ1) is 13.1. The molecule has 4 heteroatoms. The molecule has 1 heterocycles. The Labute approximate surface area is 112 Å². The number of aromatic nitrogens is 2.